The zero-order valence-electron chi connectivity index (χ0n) is 7.11. The van der Waals surface area contributed by atoms with Crippen molar-refractivity contribution < 1.29 is 0 Å². The summed E-state index contributed by atoms with van der Waals surface area (Å²) < 4.78 is 0. The Kier molecular flexibility index (Phi) is 2.84. The fourth-order valence-electron chi connectivity index (χ4n) is 1.46. The molecule has 1 heterocycles. The summed E-state index contributed by atoms with van der Waals surface area (Å²) in [7, 11) is 0. The second kappa shape index (κ2) is 3.47. The van der Waals surface area contributed by atoms with Gasteiger partial charge >= 0.3 is 0 Å². The lowest BCUT2D eigenvalue weighted by molar-refractivity contribution is 0.732. The van der Waals surface area contributed by atoms with Crippen LogP contribution in [-0.4, -0.2) is 5.75 Å². The molecule has 0 aromatic rings. The average Bonchev–Trinajstić information content (AvgIpc) is 2.33. The lowest BCUT2D eigenvalue weighted by Gasteiger charge is -2.07. The SMILES string of the molecule is CCC1=C(C(C)C)CCS1. The molecule has 1 heteroatoms. The Bertz CT molecular complexity index is 145. The maximum atomic E-state index is 2.30. The molecule has 0 aromatic carbocycles. The van der Waals surface area contributed by atoms with Gasteiger partial charge in [-0.3, -0.25) is 0 Å². The van der Waals surface area contributed by atoms with Crippen LogP contribution < -0.4 is 0 Å². The topological polar surface area (TPSA) is 0 Å². The molecule has 1 aliphatic rings. The first-order valence-corrected chi connectivity index (χ1v) is 5.09. The third-order valence-corrected chi connectivity index (χ3v) is 3.33. The van der Waals surface area contributed by atoms with E-state index in [4.69, 9.17) is 0 Å². The monoisotopic (exact) mass is 156 g/mol. The van der Waals surface area contributed by atoms with Crippen LogP contribution in [-0.2, 0) is 0 Å². The van der Waals surface area contributed by atoms with Crippen LogP contribution in [0.5, 0.6) is 0 Å². The molecular weight excluding hydrogens is 140 g/mol. The molecule has 0 spiro atoms. The molecule has 0 unspecified atom stereocenters. The second-order valence-electron chi connectivity index (χ2n) is 3.06. The fraction of sp³-hybridized carbons (Fsp3) is 0.778. The van der Waals surface area contributed by atoms with E-state index >= 15 is 0 Å². The van der Waals surface area contributed by atoms with Gasteiger partial charge in [0.05, 0.1) is 0 Å². The molecule has 0 radical (unpaired) electrons. The van der Waals surface area contributed by atoms with Gasteiger partial charge in [-0.1, -0.05) is 26.3 Å². The van der Waals surface area contributed by atoms with Crippen LogP contribution in [0.2, 0.25) is 0 Å². The van der Waals surface area contributed by atoms with Crippen LogP contribution in [0.4, 0.5) is 0 Å². The Morgan fingerprint density at radius 1 is 1.50 bits per heavy atom. The molecule has 0 nitrogen and oxygen atoms in total. The first-order valence-electron chi connectivity index (χ1n) is 4.10. The predicted octanol–water partition coefficient (Wildman–Crippen LogP) is 3.44. The molecule has 58 valence electrons. The smallest absolute Gasteiger partial charge is 0.00145 e. The number of hydrogen-bond acceptors (Lipinski definition) is 1. The van der Waals surface area contributed by atoms with E-state index in [1.165, 1.54) is 18.6 Å². The van der Waals surface area contributed by atoms with Crippen molar-refractivity contribution in [2.45, 2.75) is 33.6 Å². The summed E-state index contributed by atoms with van der Waals surface area (Å²) in [4.78, 5) is 1.66. The van der Waals surface area contributed by atoms with Gasteiger partial charge in [0.25, 0.3) is 0 Å². The van der Waals surface area contributed by atoms with Crippen LogP contribution >= 0.6 is 11.8 Å². The Morgan fingerprint density at radius 3 is 2.60 bits per heavy atom. The molecule has 1 aliphatic heterocycles. The highest BCUT2D eigenvalue weighted by atomic mass is 32.2. The van der Waals surface area contributed by atoms with Gasteiger partial charge in [0, 0.05) is 5.75 Å². The Labute approximate surface area is 68.1 Å². The van der Waals surface area contributed by atoms with Crippen molar-refractivity contribution in [1.29, 1.82) is 0 Å². The molecule has 0 atom stereocenters. The van der Waals surface area contributed by atoms with Crippen LogP contribution in [0, 0.1) is 5.92 Å². The van der Waals surface area contributed by atoms with E-state index < -0.39 is 0 Å². The lowest BCUT2D eigenvalue weighted by Crippen LogP contribution is -1.92. The van der Waals surface area contributed by atoms with Gasteiger partial charge in [-0.05, 0) is 23.7 Å². The van der Waals surface area contributed by atoms with Gasteiger partial charge in [0.2, 0.25) is 0 Å². The maximum Gasteiger partial charge on any atom is 0.00145 e. The summed E-state index contributed by atoms with van der Waals surface area (Å²) in [5.74, 6) is 2.11. The first kappa shape index (κ1) is 8.19. The maximum absolute atomic E-state index is 2.30. The van der Waals surface area contributed by atoms with Crippen molar-refractivity contribution in [2.24, 2.45) is 5.92 Å². The molecule has 0 bridgehead atoms. The largest absolute Gasteiger partial charge is 0.130 e. The molecule has 0 N–H and O–H groups in total. The Hall–Kier alpha value is 0.0900. The summed E-state index contributed by atoms with van der Waals surface area (Å²) in [6.07, 6.45) is 2.59. The minimum absolute atomic E-state index is 0.782. The van der Waals surface area contributed by atoms with E-state index in [0.717, 1.165) is 5.92 Å². The minimum Gasteiger partial charge on any atom is -0.130 e. The van der Waals surface area contributed by atoms with Gasteiger partial charge in [0.15, 0.2) is 0 Å². The first-order chi connectivity index (χ1) is 4.75. The number of allylic oxidation sites excluding steroid dienone is 2. The van der Waals surface area contributed by atoms with E-state index in [1.807, 2.05) is 0 Å². The third-order valence-electron chi connectivity index (χ3n) is 2.02. The zero-order chi connectivity index (χ0) is 7.56. The molecule has 1 rings (SSSR count). The molecule has 0 amide bonds. The highest BCUT2D eigenvalue weighted by Crippen LogP contribution is 2.36. The van der Waals surface area contributed by atoms with Crippen molar-refractivity contribution in [1.82, 2.24) is 0 Å². The molecule has 10 heavy (non-hydrogen) atoms. The molecule has 0 aliphatic carbocycles. The van der Waals surface area contributed by atoms with E-state index in [2.05, 4.69) is 32.5 Å². The summed E-state index contributed by atoms with van der Waals surface area (Å²) in [6, 6.07) is 0. The van der Waals surface area contributed by atoms with E-state index in [9.17, 15) is 0 Å². The summed E-state index contributed by atoms with van der Waals surface area (Å²) in [5.41, 5.74) is 1.72. The molecule has 0 saturated heterocycles. The molecule has 0 fully saturated rings. The number of rotatable bonds is 2. The average molecular weight is 156 g/mol. The standard InChI is InChI=1S/C9H16S/c1-4-9-8(7(2)3)5-6-10-9/h7H,4-6H2,1-3H3. The summed E-state index contributed by atoms with van der Waals surface area (Å²) in [6.45, 7) is 6.86. The van der Waals surface area contributed by atoms with E-state index in [1.54, 1.807) is 10.5 Å². The third kappa shape index (κ3) is 1.57. The van der Waals surface area contributed by atoms with E-state index in [0.29, 0.717) is 0 Å². The number of hydrogen-bond donors (Lipinski definition) is 0. The Balaban J connectivity index is 2.68. The highest BCUT2D eigenvalue weighted by Gasteiger charge is 2.15. The van der Waals surface area contributed by atoms with Crippen molar-refractivity contribution in [3.63, 3.8) is 0 Å². The lowest BCUT2D eigenvalue weighted by atomic mass is 10.00. The van der Waals surface area contributed by atoms with Gasteiger partial charge in [0.1, 0.15) is 0 Å². The predicted molar refractivity (Wildman–Crippen MR) is 49.2 cm³/mol. The molecular formula is C9H16S. The van der Waals surface area contributed by atoms with Crippen LogP contribution in [0.3, 0.4) is 0 Å². The fourth-order valence-corrected chi connectivity index (χ4v) is 2.75. The molecule has 0 saturated carbocycles. The quantitative estimate of drug-likeness (QED) is 0.590. The van der Waals surface area contributed by atoms with Crippen molar-refractivity contribution in [3.05, 3.63) is 10.5 Å². The normalized spacial score (nSPS) is 19.2. The van der Waals surface area contributed by atoms with Gasteiger partial charge in [-0.2, -0.15) is 0 Å². The molecule has 0 aromatic heterocycles. The zero-order valence-corrected chi connectivity index (χ0v) is 7.92. The number of thioether (sulfide) groups is 1. The van der Waals surface area contributed by atoms with E-state index in [-0.39, 0.29) is 0 Å². The van der Waals surface area contributed by atoms with Crippen LogP contribution in [0.25, 0.3) is 0 Å². The van der Waals surface area contributed by atoms with Crippen molar-refractivity contribution in [3.8, 4) is 0 Å². The van der Waals surface area contributed by atoms with Gasteiger partial charge in [-0.25, -0.2) is 0 Å². The van der Waals surface area contributed by atoms with Crippen molar-refractivity contribution in [2.75, 3.05) is 5.75 Å². The van der Waals surface area contributed by atoms with Crippen LogP contribution in [0.15, 0.2) is 10.5 Å². The van der Waals surface area contributed by atoms with Gasteiger partial charge in [-0.15, -0.1) is 11.8 Å². The van der Waals surface area contributed by atoms with Gasteiger partial charge < -0.3 is 0 Å². The van der Waals surface area contributed by atoms with Crippen molar-refractivity contribution >= 4 is 11.8 Å². The highest BCUT2D eigenvalue weighted by molar-refractivity contribution is 8.03. The minimum atomic E-state index is 0.782. The summed E-state index contributed by atoms with van der Waals surface area (Å²) >= 11 is 2.06. The Morgan fingerprint density at radius 2 is 2.20 bits per heavy atom. The van der Waals surface area contributed by atoms with Crippen LogP contribution in [0.1, 0.15) is 33.6 Å². The summed E-state index contributed by atoms with van der Waals surface area (Å²) in [5, 5.41) is 0. The second-order valence-corrected chi connectivity index (χ2v) is 4.24.